The molecule has 10 nitrogen and oxygen atoms in total. The average Bonchev–Trinajstić information content (AvgIpc) is 3.36. The summed E-state index contributed by atoms with van der Waals surface area (Å²) in [6.45, 7) is 6.65. The summed E-state index contributed by atoms with van der Waals surface area (Å²) in [4.78, 5) is 39.6. The lowest BCUT2D eigenvalue weighted by Gasteiger charge is -2.40. The van der Waals surface area contributed by atoms with Gasteiger partial charge in [0.25, 0.3) is 5.91 Å². The molecule has 1 aliphatic heterocycles. The van der Waals surface area contributed by atoms with Crippen LogP contribution >= 0.6 is 11.6 Å². The van der Waals surface area contributed by atoms with Crippen LogP contribution in [0.5, 0.6) is 0 Å². The number of nitrogens with zero attached hydrogens (tertiary/aromatic N) is 4. The number of rotatable bonds is 6. The van der Waals surface area contributed by atoms with E-state index in [1.807, 2.05) is 54.5 Å². The number of carbonyl (C=O) groups is 3. The van der Waals surface area contributed by atoms with E-state index in [9.17, 15) is 14.4 Å². The Kier molecular flexibility index (Phi) is 8.04. The van der Waals surface area contributed by atoms with E-state index >= 15 is 0 Å². The van der Waals surface area contributed by atoms with Crippen LogP contribution in [0.2, 0.25) is 5.02 Å². The van der Waals surface area contributed by atoms with Crippen LogP contribution in [0.4, 0.5) is 4.79 Å². The zero-order chi connectivity index (χ0) is 29.3. The summed E-state index contributed by atoms with van der Waals surface area (Å²) in [6, 6.07) is 14.2. The fraction of sp³-hybridized carbons (Fsp3) is 0.433. The largest absolute Gasteiger partial charge is 0.444 e. The van der Waals surface area contributed by atoms with Crippen LogP contribution in [0.3, 0.4) is 0 Å². The highest BCUT2D eigenvalue weighted by atomic mass is 35.5. The minimum absolute atomic E-state index is 0.0732. The van der Waals surface area contributed by atoms with Gasteiger partial charge in [0.05, 0.1) is 6.04 Å². The Morgan fingerprint density at radius 1 is 1.02 bits per heavy atom. The molecule has 1 saturated carbocycles. The van der Waals surface area contributed by atoms with Crippen molar-refractivity contribution in [3.8, 4) is 11.4 Å². The van der Waals surface area contributed by atoms with E-state index in [4.69, 9.17) is 22.1 Å². The summed E-state index contributed by atoms with van der Waals surface area (Å²) in [7, 11) is 0. The van der Waals surface area contributed by atoms with E-state index in [2.05, 4.69) is 15.5 Å². The smallest absolute Gasteiger partial charge is 0.408 e. The second-order valence-electron chi connectivity index (χ2n) is 11.7. The van der Waals surface area contributed by atoms with Crippen LogP contribution in [0.15, 0.2) is 48.5 Å². The first-order chi connectivity index (χ1) is 19.5. The number of halogens is 1. The molecule has 1 unspecified atom stereocenters. The molecule has 3 amide bonds. The lowest BCUT2D eigenvalue weighted by Crippen LogP contribution is -2.48. The first kappa shape index (κ1) is 28.6. The number of ether oxygens (including phenoxy) is 1. The molecule has 3 N–H and O–H groups in total. The average molecular weight is 579 g/mol. The predicted molar refractivity (Wildman–Crippen MR) is 154 cm³/mol. The molecule has 11 heteroatoms. The third-order valence-corrected chi connectivity index (χ3v) is 7.96. The number of nitrogens with two attached hydrogens (primary N) is 1. The Hall–Kier alpha value is -3.92. The molecule has 0 radical (unpaired) electrons. The van der Waals surface area contributed by atoms with Gasteiger partial charge in [0.2, 0.25) is 11.7 Å². The summed E-state index contributed by atoms with van der Waals surface area (Å²) in [6.07, 6.45) is 2.80. The zero-order valence-electron chi connectivity index (χ0n) is 23.5. The van der Waals surface area contributed by atoms with Gasteiger partial charge >= 0.3 is 6.09 Å². The Balaban J connectivity index is 1.27. The number of alkyl carbamates (subject to hydrolysis) is 1. The maximum Gasteiger partial charge on any atom is 0.408 e. The fourth-order valence-electron chi connectivity index (χ4n) is 5.81. The van der Waals surface area contributed by atoms with Gasteiger partial charge < -0.3 is 25.3 Å². The van der Waals surface area contributed by atoms with E-state index in [1.165, 1.54) is 0 Å². The van der Waals surface area contributed by atoms with Gasteiger partial charge in [-0.1, -0.05) is 35.9 Å². The molecule has 2 aromatic carbocycles. The van der Waals surface area contributed by atoms with Crippen LogP contribution in [0.25, 0.3) is 11.4 Å². The van der Waals surface area contributed by atoms with Gasteiger partial charge in [0, 0.05) is 35.3 Å². The third kappa shape index (κ3) is 6.37. The van der Waals surface area contributed by atoms with E-state index < -0.39 is 17.6 Å². The van der Waals surface area contributed by atoms with Crippen LogP contribution in [-0.4, -0.2) is 55.8 Å². The summed E-state index contributed by atoms with van der Waals surface area (Å²) in [5.74, 6) is 0.433. The number of benzene rings is 2. The van der Waals surface area contributed by atoms with Gasteiger partial charge in [-0.25, -0.2) is 4.79 Å². The summed E-state index contributed by atoms with van der Waals surface area (Å²) < 4.78 is 7.39. The van der Waals surface area contributed by atoms with Gasteiger partial charge in [-0.3, -0.25) is 9.59 Å². The number of nitrogens with one attached hydrogen (secondary N) is 1. The number of primary amides is 1. The van der Waals surface area contributed by atoms with Gasteiger partial charge in [0.15, 0.2) is 5.82 Å². The van der Waals surface area contributed by atoms with Crippen LogP contribution in [-0.2, 0) is 11.3 Å². The number of aromatic nitrogens is 3. The van der Waals surface area contributed by atoms with Gasteiger partial charge in [-0.2, -0.15) is 0 Å². The molecule has 0 saturated heterocycles. The van der Waals surface area contributed by atoms with Crippen LogP contribution in [0, 0.1) is 5.92 Å². The summed E-state index contributed by atoms with van der Waals surface area (Å²) in [5.41, 5.74) is 6.85. The first-order valence-electron chi connectivity index (χ1n) is 13.9. The van der Waals surface area contributed by atoms with Crippen molar-refractivity contribution >= 4 is 29.5 Å². The molecule has 2 heterocycles. The van der Waals surface area contributed by atoms with Gasteiger partial charge in [-0.05, 0) is 82.2 Å². The van der Waals surface area contributed by atoms with Crippen molar-refractivity contribution in [2.45, 2.75) is 70.7 Å². The summed E-state index contributed by atoms with van der Waals surface area (Å²) in [5, 5.41) is 12.2. The third-order valence-electron chi connectivity index (χ3n) is 7.73. The van der Waals surface area contributed by atoms with Crippen LogP contribution in [0.1, 0.15) is 79.0 Å². The molecule has 1 fully saturated rings. The normalized spacial score (nSPS) is 19.8. The lowest BCUT2D eigenvalue weighted by molar-refractivity contribution is 0.0442. The number of amides is 3. The lowest BCUT2D eigenvalue weighted by atomic mass is 9.78. The van der Waals surface area contributed by atoms with Crippen molar-refractivity contribution in [1.82, 2.24) is 25.0 Å². The highest BCUT2D eigenvalue weighted by Crippen LogP contribution is 2.38. The second kappa shape index (κ2) is 11.5. The van der Waals surface area contributed by atoms with E-state index in [0.717, 1.165) is 36.8 Å². The number of carbonyl (C=O) groups excluding carboxylic acids is 3. The van der Waals surface area contributed by atoms with Crippen molar-refractivity contribution in [1.29, 1.82) is 0 Å². The second-order valence-corrected chi connectivity index (χ2v) is 12.1. The molecular formula is C30H35ClN6O4. The fourth-order valence-corrected chi connectivity index (χ4v) is 6.01. The van der Waals surface area contributed by atoms with Crippen molar-refractivity contribution in [2.75, 3.05) is 6.54 Å². The van der Waals surface area contributed by atoms with E-state index in [0.29, 0.717) is 35.3 Å². The predicted octanol–water partition coefficient (Wildman–Crippen LogP) is 4.98. The molecule has 3 aromatic rings. The molecule has 5 rings (SSSR count). The molecule has 2 aliphatic rings. The van der Waals surface area contributed by atoms with Crippen LogP contribution < -0.4 is 11.1 Å². The number of hydrogen-bond acceptors (Lipinski definition) is 6. The standard InChI is InChI=1S/C30H35ClN6O4/c1-30(2,3)41-29(40)33-24(21-5-4-6-22(31)17-21)18-11-13-23(14-12-18)36-15-16-37-26(34-35-27(37)28(36)39)20-9-7-19(8-10-20)25(32)38/h4-10,17-18,23-24H,11-16H2,1-3H3,(H2,32,38)(H,33,40). The van der Waals surface area contributed by atoms with E-state index in [1.54, 1.807) is 24.3 Å². The van der Waals surface area contributed by atoms with Crippen molar-refractivity contribution in [3.63, 3.8) is 0 Å². The van der Waals surface area contributed by atoms with Crippen molar-refractivity contribution in [3.05, 3.63) is 70.5 Å². The van der Waals surface area contributed by atoms with Crippen molar-refractivity contribution in [2.24, 2.45) is 11.7 Å². The molecule has 1 aliphatic carbocycles. The Morgan fingerprint density at radius 2 is 1.71 bits per heavy atom. The Labute approximate surface area is 244 Å². The monoisotopic (exact) mass is 578 g/mol. The molecular weight excluding hydrogens is 544 g/mol. The SMILES string of the molecule is CC(C)(C)OC(=O)NC(c1cccc(Cl)c1)C1CCC(N2CCn3c(nnc3-c3ccc(C(N)=O)cc3)C2=O)CC1. The quantitative estimate of drug-likeness (QED) is 0.424. The maximum absolute atomic E-state index is 13.5. The topological polar surface area (TPSA) is 132 Å². The number of fused-ring (bicyclic) bond motifs is 1. The number of hydrogen-bond donors (Lipinski definition) is 2. The van der Waals surface area contributed by atoms with Gasteiger partial charge in [0.1, 0.15) is 5.60 Å². The van der Waals surface area contributed by atoms with E-state index in [-0.39, 0.29) is 23.9 Å². The zero-order valence-corrected chi connectivity index (χ0v) is 24.2. The first-order valence-corrected chi connectivity index (χ1v) is 14.3. The highest BCUT2D eigenvalue weighted by molar-refractivity contribution is 6.30. The minimum Gasteiger partial charge on any atom is -0.444 e. The van der Waals surface area contributed by atoms with Crippen molar-refractivity contribution < 1.29 is 19.1 Å². The molecule has 41 heavy (non-hydrogen) atoms. The minimum atomic E-state index is -0.608. The Morgan fingerprint density at radius 3 is 2.34 bits per heavy atom. The molecule has 216 valence electrons. The maximum atomic E-state index is 13.5. The molecule has 1 aromatic heterocycles. The highest BCUT2D eigenvalue weighted by Gasteiger charge is 2.38. The van der Waals surface area contributed by atoms with Gasteiger partial charge in [-0.15, -0.1) is 10.2 Å². The Bertz CT molecular complexity index is 1440. The molecule has 1 atom stereocenters. The molecule has 0 bridgehead atoms. The molecule has 0 spiro atoms. The summed E-state index contributed by atoms with van der Waals surface area (Å²) >= 11 is 6.29.